The number of hydrogen-bond donors (Lipinski definition) is 0. The van der Waals surface area contributed by atoms with E-state index in [1.807, 2.05) is 0 Å². The monoisotopic (exact) mass is 788 g/mol. The second kappa shape index (κ2) is 14.8. The molecule has 12 aromatic rings. The first kappa shape index (κ1) is 35.7. The predicted octanol–water partition coefficient (Wildman–Crippen LogP) is 16.7. The third-order valence-electron chi connectivity index (χ3n) is 12.6. The van der Waals surface area contributed by atoms with Crippen molar-refractivity contribution >= 4 is 71.2 Å². The number of nitrogens with zero attached hydrogens (tertiary/aromatic N) is 2. The minimum absolute atomic E-state index is 1.09. The molecular formula is C60H40N2. The maximum atomic E-state index is 2.40. The van der Waals surface area contributed by atoms with Crippen molar-refractivity contribution in [1.29, 1.82) is 0 Å². The number of benzene rings is 11. The van der Waals surface area contributed by atoms with Crippen LogP contribution in [0.25, 0.3) is 93.2 Å². The van der Waals surface area contributed by atoms with E-state index >= 15 is 0 Å². The lowest BCUT2D eigenvalue weighted by atomic mass is 9.86. The number of hydrogen-bond acceptors (Lipinski definition) is 1. The van der Waals surface area contributed by atoms with E-state index in [1.165, 1.54) is 87.5 Å². The molecule has 0 fully saturated rings. The Morgan fingerprint density at radius 1 is 0.274 bits per heavy atom. The normalized spacial score (nSPS) is 11.5. The maximum absolute atomic E-state index is 2.40. The number of anilines is 3. The molecule has 1 aromatic heterocycles. The summed E-state index contributed by atoms with van der Waals surface area (Å²) in [6.45, 7) is 0. The molecule has 0 saturated carbocycles. The summed E-state index contributed by atoms with van der Waals surface area (Å²) in [4.78, 5) is 2.40. The molecule has 0 amide bonds. The molecular weight excluding hydrogens is 749 g/mol. The second-order valence-corrected chi connectivity index (χ2v) is 16.1. The Morgan fingerprint density at radius 2 is 0.726 bits per heavy atom. The summed E-state index contributed by atoms with van der Waals surface area (Å²) in [5.74, 6) is 0. The van der Waals surface area contributed by atoms with Gasteiger partial charge in [0.15, 0.2) is 0 Å². The maximum Gasteiger partial charge on any atom is 0.0542 e. The molecule has 0 aliphatic rings. The molecule has 12 rings (SSSR count). The summed E-state index contributed by atoms with van der Waals surface area (Å²) in [5.41, 5.74) is 14.2. The first-order chi connectivity index (χ1) is 30.8. The fraction of sp³-hybridized carbons (Fsp3) is 0. The summed E-state index contributed by atoms with van der Waals surface area (Å²) in [6, 6.07) is 88.4. The quantitative estimate of drug-likeness (QED) is 0.146. The van der Waals surface area contributed by atoms with E-state index in [0.717, 1.165) is 22.7 Å². The average Bonchev–Trinajstić information content (AvgIpc) is 3.68. The molecule has 2 nitrogen and oxygen atoms in total. The predicted molar refractivity (Wildman–Crippen MR) is 264 cm³/mol. The van der Waals surface area contributed by atoms with Crippen molar-refractivity contribution in [2.75, 3.05) is 4.90 Å². The first-order valence-corrected chi connectivity index (χ1v) is 21.3. The second-order valence-electron chi connectivity index (χ2n) is 16.1. The molecule has 0 N–H and O–H groups in total. The van der Waals surface area contributed by atoms with Crippen LogP contribution in [0, 0.1) is 0 Å². The summed E-state index contributed by atoms with van der Waals surface area (Å²) in [7, 11) is 0. The van der Waals surface area contributed by atoms with E-state index in [4.69, 9.17) is 0 Å². The Bertz CT molecular complexity index is 3540. The summed E-state index contributed by atoms with van der Waals surface area (Å²) < 4.78 is 2.38. The lowest BCUT2D eigenvalue weighted by Gasteiger charge is -2.26. The van der Waals surface area contributed by atoms with Crippen LogP contribution < -0.4 is 4.90 Å². The number of fused-ring (bicyclic) bond motifs is 6. The molecule has 0 unspecified atom stereocenters. The Hall–Kier alpha value is -8.20. The molecule has 1 heterocycles. The third-order valence-corrected chi connectivity index (χ3v) is 12.6. The van der Waals surface area contributed by atoms with Gasteiger partial charge in [-0.3, -0.25) is 0 Å². The van der Waals surface area contributed by atoms with Crippen LogP contribution in [0.2, 0.25) is 0 Å². The van der Waals surface area contributed by atoms with Gasteiger partial charge in [0.1, 0.15) is 0 Å². The largest absolute Gasteiger partial charge is 0.310 e. The molecule has 0 spiro atoms. The first-order valence-electron chi connectivity index (χ1n) is 21.3. The standard InChI is InChI=1S/C60H40N2/c1-3-17-43(18-4-1)59-52-24-9-11-26-54(52)60(55-27-12-10-25-53(55)59)44-32-36-47(37-33-44)61(46-34-30-42(31-35-46)50-28-15-19-41-16-7-8-22-49(41)50)48-38-39-58-56(40-48)51-23-13-14-29-57(51)62(58)45-20-5-2-6-21-45/h1-40H. The zero-order chi connectivity index (χ0) is 41.0. The minimum atomic E-state index is 1.09. The summed E-state index contributed by atoms with van der Waals surface area (Å²) in [6.07, 6.45) is 0. The molecule has 62 heavy (non-hydrogen) atoms. The van der Waals surface area contributed by atoms with Crippen LogP contribution in [0.4, 0.5) is 17.1 Å². The van der Waals surface area contributed by atoms with Gasteiger partial charge in [0.05, 0.1) is 11.0 Å². The van der Waals surface area contributed by atoms with Gasteiger partial charge in [-0.2, -0.15) is 0 Å². The third kappa shape index (κ3) is 5.88. The Kier molecular flexibility index (Phi) is 8.53. The molecule has 11 aromatic carbocycles. The van der Waals surface area contributed by atoms with E-state index in [1.54, 1.807) is 0 Å². The Balaban J connectivity index is 1.03. The molecule has 0 aliphatic heterocycles. The number of para-hydroxylation sites is 2. The Morgan fingerprint density at radius 3 is 1.35 bits per heavy atom. The SMILES string of the molecule is c1ccc(-c2c3ccccc3c(-c3ccc(N(c4ccc(-c5cccc6ccccc56)cc4)c4ccc5c(c4)c4ccccc4n5-c4ccccc4)cc3)c3ccccc23)cc1. The smallest absolute Gasteiger partial charge is 0.0542 e. The van der Waals surface area contributed by atoms with Gasteiger partial charge >= 0.3 is 0 Å². The van der Waals surface area contributed by atoms with Crippen LogP contribution in [0.3, 0.4) is 0 Å². The lowest BCUT2D eigenvalue weighted by molar-refractivity contribution is 1.18. The van der Waals surface area contributed by atoms with E-state index in [9.17, 15) is 0 Å². The minimum Gasteiger partial charge on any atom is -0.310 e. The molecule has 0 saturated heterocycles. The van der Waals surface area contributed by atoms with Gasteiger partial charge in [-0.05, 0) is 126 Å². The van der Waals surface area contributed by atoms with Crippen LogP contribution >= 0.6 is 0 Å². The van der Waals surface area contributed by atoms with Crippen LogP contribution in [0.1, 0.15) is 0 Å². The topological polar surface area (TPSA) is 8.17 Å². The number of rotatable bonds is 7. The van der Waals surface area contributed by atoms with Crippen molar-refractivity contribution in [3.05, 3.63) is 243 Å². The molecule has 0 atom stereocenters. The van der Waals surface area contributed by atoms with Crippen molar-refractivity contribution in [2.45, 2.75) is 0 Å². The van der Waals surface area contributed by atoms with Gasteiger partial charge in [-0.1, -0.05) is 182 Å². The van der Waals surface area contributed by atoms with Gasteiger partial charge in [0, 0.05) is 33.5 Å². The molecule has 0 aliphatic carbocycles. The van der Waals surface area contributed by atoms with Crippen LogP contribution in [-0.4, -0.2) is 4.57 Å². The summed E-state index contributed by atoms with van der Waals surface area (Å²) >= 11 is 0. The lowest BCUT2D eigenvalue weighted by Crippen LogP contribution is -2.10. The van der Waals surface area contributed by atoms with Gasteiger partial charge in [0.2, 0.25) is 0 Å². The van der Waals surface area contributed by atoms with Crippen LogP contribution in [0.5, 0.6) is 0 Å². The van der Waals surface area contributed by atoms with Crippen LogP contribution in [0.15, 0.2) is 243 Å². The van der Waals surface area contributed by atoms with Gasteiger partial charge in [0.25, 0.3) is 0 Å². The van der Waals surface area contributed by atoms with Gasteiger partial charge in [-0.15, -0.1) is 0 Å². The molecule has 290 valence electrons. The van der Waals surface area contributed by atoms with Crippen LogP contribution in [-0.2, 0) is 0 Å². The molecule has 0 bridgehead atoms. The van der Waals surface area contributed by atoms with Crippen molar-refractivity contribution in [3.8, 4) is 39.1 Å². The highest BCUT2D eigenvalue weighted by Crippen LogP contribution is 2.45. The van der Waals surface area contributed by atoms with E-state index in [2.05, 4.69) is 252 Å². The van der Waals surface area contributed by atoms with Crippen molar-refractivity contribution in [2.24, 2.45) is 0 Å². The van der Waals surface area contributed by atoms with Crippen molar-refractivity contribution in [3.63, 3.8) is 0 Å². The number of aromatic nitrogens is 1. The van der Waals surface area contributed by atoms with E-state index in [0.29, 0.717) is 0 Å². The van der Waals surface area contributed by atoms with Crippen molar-refractivity contribution < 1.29 is 0 Å². The molecule has 2 heteroatoms. The summed E-state index contributed by atoms with van der Waals surface area (Å²) in [5, 5.41) is 9.96. The fourth-order valence-corrected chi connectivity index (χ4v) is 9.80. The Labute approximate surface area is 360 Å². The average molecular weight is 789 g/mol. The fourth-order valence-electron chi connectivity index (χ4n) is 9.80. The highest BCUT2D eigenvalue weighted by atomic mass is 15.1. The van der Waals surface area contributed by atoms with Gasteiger partial charge in [-0.25, -0.2) is 0 Å². The highest BCUT2D eigenvalue weighted by molar-refractivity contribution is 6.21. The highest BCUT2D eigenvalue weighted by Gasteiger charge is 2.20. The van der Waals surface area contributed by atoms with E-state index < -0.39 is 0 Å². The van der Waals surface area contributed by atoms with E-state index in [-0.39, 0.29) is 0 Å². The van der Waals surface area contributed by atoms with Gasteiger partial charge < -0.3 is 9.47 Å². The zero-order valence-electron chi connectivity index (χ0n) is 34.0. The van der Waals surface area contributed by atoms with Crippen molar-refractivity contribution in [1.82, 2.24) is 4.57 Å². The zero-order valence-corrected chi connectivity index (χ0v) is 34.0. The molecule has 0 radical (unpaired) electrons.